The highest BCUT2D eigenvalue weighted by Crippen LogP contribution is 2.25. The summed E-state index contributed by atoms with van der Waals surface area (Å²) in [5.74, 6) is -0.0992. The first-order valence-electron chi connectivity index (χ1n) is 9.05. The number of benzene rings is 1. The molecule has 1 aromatic carbocycles. The summed E-state index contributed by atoms with van der Waals surface area (Å²) in [4.78, 5) is 20.8. The largest absolute Gasteiger partial charge is 0.371 e. The number of hydrogen-bond acceptors (Lipinski definition) is 4. The number of amides is 1. The third-order valence-corrected chi connectivity index (χ3v) is 4.88. The number of pyridine rings is 1. The smallest absolute Gasteiger partial charge is 0.238 e. The number of carbonyl (C=O) groups is 1. The minimum atomic E-state index is -0.0992. The van der Waals surface area contributed by atoms with E-state index in [1.165, 1.54) is 30.5 Å². The van der Waals surface area contributed by atoms with Crippen molar-refractivity contribution in [3.8, 4) is 0 Å². The van der Waals surface area contributed by atoms with Crippen LogP contribution in [0.2, 0.25) is 5.15 Å². The molecule has 2 aromatic rings. The van der Waals surface area contributed by atoms with Crippen LogP contribution in [0.4, 0.5) is 11.4 Å². The number of nitrogens with zero attached hydrogens (tertiary/aromatic N) is 3. The number of halogens is 1. The van der Waals surface area contributed by atoms with Crippen LogP contribution in [0.25, 0.3) is 0 Å². The Kier molecular flexibility index (Phi) is 6.47. The lowest BCUT2D eigenvalue weighted by atomic mass is 10.1. The summed E-state index contributed by atoms with van der Waals surface area (Å²) in [7, 11) is 1.96. The van der Waals surface area contributed by atoms with Gasteiger partial charge in [-0.3, -0.25) is 9.69 Å². The van der Waals surface area contributed by atoms with Crippen molar-refractivity contribution in [3.63, 3.8) is 0 Å². The molecule has 3 rings (SSSR count). The van der Waals surface area contributed by atoms with Gasteiger partial charge in [-0.25, -0.2) is 4.98 Å². The van der Waals surface area contributed by atoms with E-state index < -0.39 is 0 Å². The number of aromatic nitrogens is 1. The Hall–Kier alpha value is -2.11. The summed E-state index contributed by atoms with van der Waals surface area (Å²) >= 11 is 6.00. The Labute approximate surface area is 160 Å². The average molecular weight is 373 g/mol. The molecule has 0 aliphatic carbocycles. The summed E-state index contributed by atoms with van der Waals surface area (Å²) in [6, 6.07) is 12.0. The number of anilines is 2. The molecule has 1 saturated heterocycles. The van der Waals surface area contributed by atoms with Crippen LogP contribution >= 0.6 is 11.6 Å². The van der Waals surface area contributed by atoms with E-state index in [0.717, 1.165) is 19.6 Å². The molecule has 1 aliphatic heterocycles. The number of hydrogen-bond donors (Lipinski definition) is 1. The van der Waals surface area contributed by atoms with Crippen molar-refractivity contribution in [1.29, 1.82) is 0 Å². The SMILES string of the molecule is CN(CC(=O)Nc1cccnc1Cl)Cc1ccccc1N1CCCCC1. The molecule has 26 heavy (non-hydrogen) atoms. The van der Waals surface area contributed by atoms with Gasteiger partial charge in [-0.15, -0.1) is 0 Å². The van der Waals surface area contributed by atoms with Crippen LogP contribution in [-0.4, -0.2) is 42.5 Å². The molecule has 5 nitrogen and oxygen atoms in total. The van der Waals surface area contributed by atoms with Crippen LogP contribution in [0.5, 0.6) is 0 Å². The van der Waals surface area contributed by atoms with Gasteiger partial charge < -0.3 is 10.2 Å². The molecule has 1 aliphatic rings. The molecule has 138 valence electrons. The van der Waals surface area contributed by atoms with Gasteiger partial charge in [0.05, 0.1) is 12.2 Å². The number of likely N-dealkylation sites (N-methyl/N-ethyl adjacent to an activating group) is 1. The number of para-hydroxylation sites is 1. The molecule has 0 atom stereocenters. The average Bonchev–Trinajstić information content (AvgIpc) is 2.64. The number of piperidine rings is 1. The maximum Gasteiger partial charge on any atom is 0.238 e. The van der Waals surface area contributed by atoms with E-state index in [-0.39, 0.29) is 5.91 Å². The molecule has 0 radical (unpaired) electrons. The van der Waals surface area contributed by atoms with E-state index in [0.29, 0.717) is 17.4 Å². The van der Waals surface area contributed by atoms with Gasteiger partial charge in [-0.05, 0) is 50.1 Å². The highest BCUT2D eigenvalue weighted by atomic mass is 35.5. The second kappa shape index (κ2) is 9.01. The minimum absolute atomic E-state index is 0.0992. The topological polar surface area (TPSA) is 48.5 Å². The molecule has 1 fully saturated rings. The standard InChI is InChI=1S/C20H25ClN4O/c1-24(15-19(26)23-17-9-7-11-22-20(17)21)14-16-8-3-4-10-18(16)25-12-5-2-6-13-25/h3-4,7-11H,2,5-6,12-15H2,1H3,(H,23,26). The predicted molar refractivity (Wildman–Crippen MR) is 107 cm³/mol. The summed E-state index contributed by atoms with van der Waals surface area (Å²) < 4.78 is 0. The van der Waals surface area contributed by atoms with Crippen molar-refractivity contribution in [1.82, 2.24) is 9.88 Å². The molecule has 0 unspecified atom stereocenters. The number of rotatable bonds is 6. The second-order valence-electron chi connectivity index (χ2n) is 6.74. The fourth-order valence-corrected chi connectivity index (χ4v) is 3.52. The Morgan fingerprint density at radius 2 is 1.96 bits per heavy atom. The van der Waals surface area contributed by atoms with Gasteiger partial charge in [-0.1, -0.05) is 29.8 Å². The lowest BCUT2D eigenvalue weighted by molar-refractivity contribution is -0.117. The van der Waals surface area contributed by atoms with Crippen molar-refractivity contribution in [2.45, 2.75) is 25.8 Å². The quantitative estimate of drug-likeness (QED) is 0.783. The first kappa shape index (κ1) is 18.7. The van der Waals surface area contributed by atoms with Gasteiger partial charge in [-0.2, -0.15) is 0 Å². The zero-order valence-corrected chi connectivity index (χ0v) is 15.9. The molecule has 0 spiro atoms. The minimum Gasteiger partial charge on any atom is -0.371 e. The second-order valence-corrected chi connectivity index (χ2v) is 7.10. The highest BCUT2D eigenvalue weighted by molar-refractivity contribution is 6.32. The third-order valence-electron chi connectivity index (χ3n) is 4.58. The van der Waals surface area contributed by atoms with Crippen LogP contribution in [0.3, 0.4) is 0 Å². The zero-order chi connectivity index (χ0) is 18.4. The van der Waals surface area contributed by atoms with E-state index in [1.54, 1.807) is 18.3 Å². The molecule has 1 amide bonds. The van der Waals surface area contributed by atoms with Crippen LogP contribution < -0.4 is 10.2 Å². The van der Waals surface area contributed by atoms with Crippen LogP contribution in [0, 0.1) is 0 Å². The highest BCUT2D eigenvalue weighted by Gasteiger charge is 2.16. The van der Waals surface area contributed by atoms with Crippen molar-refractivity contribution in [2.24, 2.45) is 0 Å². The van der Waals surface area contributed by atoms with Gasteiger partial charge in [0, 0.05) is 31.5 Å². The van der Waals surface area contributed by atoms with E-state index >= 15 is 0 Å². The monoisotopic (exact) mass is 372 g/mol. The molecular weight excluding hydrogens is 348 g/mol. The molecular formula is C20H25ClN4O. The number of nitrogens with one attached hydrogen (secondary N) is 1. The Morgan fingerprint density at radius 3 is 2.73 bits per heavy atom. The van der Waals surface area contributed by atoms with Crippen LogP contribution in [0.1, 0.15) is 24.8 Å². The maximum absolute atomic E-state index is 12.3. The summed E-state index contributed by atoms with van der Waals surface area (Å²) in [5.41, 5.74) is 3.08. The van der Waals surface area contributed by atoms with E-state index in [1.807, 2.05) is 11.9 Å². The summed E-state index contributed by atoms with van der Waals surface area (Å²) in [6.07, 6.45) is 5.41. The van der Waals surface area contributed by atoms with Crippen molar-refractivity contribution < 1.29 is 4.79 Å². The fraction of sp³-hybridized carbons (Fsp3) is 0.400. The molecule has 0 bridgehead atoms. The van der Waals surface area contributed by atoms with Gasteiger partial charge in [0.1, 0.15) is 0 Å². The molecule has 0 saturated carbocycles. The lowest BCUT2D eigenvalue weighted by Gasteiger charge is -2.31. The molecule has 1 aromatic heterocycles. The molecule has 1 N–H and O–H groups in total. The van der Waals surface area contributed by atoms with Gasteiger partial charge in [0.25, 0.3) is 0 Å². The van der Waals surface area contributed by atoms with Crippen molar-refractivity contribution in [2.75, 3.05) is 36.9 Å². The lowest BCUT2D eigenvalue weighted by Crippen LogP contribution is -2.33. The summed E-state index contributed by atoms with van der Waals surface area (Å²) in [5, 5.41) is 3.12. The van der Waals surface area contributed by atoms with Gasteiger partial charge in [0.2, 0.25) is 5.91 Å². The first-order chi connectivity index (χ1) is 12.6. The molecule has 6 heteroatoms. The van der Waals surface area contributed by atoms with Crippen LogP contribution in [-0.2, 0) is 11.3 Å². The Bertz CT molecular complexity index is 746. The normalized spacial score (nSPS) is 14.5. The van der Waals surface area contributed by atoms with Gasteiger partial charge in [0.15, 0.2) is 5.15 Å². The van der Waals surface area contributed by atoms with Crippen LogP contribution in [0.15, 0.2) is 42.6 Å². The number of carbonyl (C=O) groups excluding carboxylic acids is 1. The van der Waals surface area contributed by atoms with Crippen molar-refractivity contribution >= 4 is 28.9 Å². The Balaban J connectivity index is 1.60. The molecule has 2 heterocycles. The van der Waals surface area contributed by atoms with E-state index in [2.05, 4.69) is 39.5 Å². The summed E-state index contributed by atoms with van der Waals surface area (Å²) in [6.45, 7) is 3.24. The zero-order valence-electron chi connectivity index (χ0n) is 15.1. The third kappa shape index (κ3) is 4.96. The van der Waals surface area contributed by atoms with Gasteiger partial charge >= 0.3 is 0 Å². The van der Waals surface area contributed by atoms with E-state index in [9.17, 15) is 4.79 Å². The predicted octanol–water partition coefficient (Wildman–Crippen LogP) is 3.80. The first-order valence-corrected chi connectivity index (χ1v) is 9.43. The maximum atomic E-state index is 12.3. The fourth-order valence-electron chi connectivity index (χ4n) is 3.35. The Morgan fingerprint density at radius 1 is 1.19 bits per heavy atom. The van der Waals surface area contributed by atoms with Crippen molar-refractivity contribution in [3.05, 3.63) is 53.3 Å². The van der Waals surface area contributed by atoms with E-state index in [4.69, 9.17) is 11.6 Å².